The van der Waals surface area contributed by atoms with Crippen LogP contribution in [0, 0.1) is 0 Å². The number of aliphatic hydroxyl groups is 1. The van der Waals surface area contributed by atoms with E-state index in [1.54, 1.807) is 18.2 Å². The fourth-order valence-corrected chi connectivity index (χ4v) is 3.04. The van der Waals surface area contributed by atoms with Crippen molar-refractivity contribution in [2.24, 2.45) is 0 Å². The number of hydrogen-bond donors (Lipinski definition) is 2. The highest BCUT2D eigenvalue weighted by atomic mass is 16.5. The summed E-state index contributed by atoms with van der Waals surface area (Å²) in [6.45, 7) is 0.738. The number of fused-ring (bicyclic) bond motifs is 1. The highest BCUT2D eigenvalue weighted by molar-refractivity contribution is 5.95. The van der Waals surface area contributed by atoms with Crippen LogP contribution in [0.15, 0.2) is 30.3 Å². The summed E-state index contributed by atoms with van der Waals surface area (Å²) in [6, 6.07) is 8.70. The van der Waals surface area contributed by atoms with Crippen molar-refractivity contribution in [2.45, 2.75) is 12.5 Å². The summed E-state index contributed by atoms with van der Waals surface area (Å²) < 4.78 is 21.2. The maximum atomic E-state index is 12.5. The Bertz CT molecular complexity index is 810. The Balaban J connectivity index is 1.70. The number of ether oxygens (including phenoxy) is 4. The molecule has 0 saturated heterocycles. The molecule has 144 valence electrons. The van der Waals surface area contributed by atoms with Gasteiger partial charge >= 0.3 is 0 Å². The molecule has 0 radical (unpaired) electrons. The van der Waals surface area contributed by atoms with Gasteiger partial charge in [0.2, 0.25) is 5.75 Å². The minimum Gasteiger partial charge on any atom is -0.493 e. The normalized spacial score (nSPS) is 13.3. The minimum atomic E-state index is -0.818. The summed E-state index contributed by atoms with van der Waals surface area (Å²) in [5.41, 5.74) is 2.16. The van der Waals surface area contributed by atoms with E-state index in [9.17, 15) is 9.90 Å². The molecule has 1 heterocycles. The lowest BCUT2D eigenvalue weighted by Gasteiger charge is -2.16. The van der Waals surface area contributed by atoms with Crippen molar-refractivity contribution < 1.29 is 28.8 Å². The molecule has 0 aromatic heterocycles. The zero-order valence-corrected chi connectivity index (χ0v) is 15.6. The number of carbonyl (C=O) groups excluding carboxylic acids is 1. The number of aliphatic hydroxyl groups excluding tert-OH is 1. The first-order chi connectivity index (χ1) is 13.1. The van der Waals surface area contributed by atoms with Gasteiger partial charge in [0.05, 0.1) is 34.0 Å². The molecular formula is C20H23NO6. The van der Waals surface area contributed by atoms with Gasteiger partial charge in [-0.15, -0.1) is 0 Å². The molecule has 0 spiro atoms. The highest BCUT2D eigenvalue weighted by Crippen LogP contribution is 2.38. The molecule has 0 fully saturated rings. The van der Waals surface area contributed by atoms with E-state index in [0.717, 1.165) is 23.3 Å². The van der Waals surface area contributed by atoms with Gasteiger partial charge in [-0.25, -0.2) is 0 Å². The largest absolute Gasteiger partial charge is 0.493 e. The number of carbonyl (C=O) groups is 1. The van der Waals surface area contributed by atoms with Crippen molar-refractivity contribution in [2.75, 3.05) is 34.5 Å². The fraction of sp³-hybridized carbons (Fsp3) is 0.350. The summed E-state index contributed by atoms with van der Waals surface area (Å²) in [6.07, 6.45) is 0.00938. The second kappa shape index (κ2) is 8.18. The number of rotatable bonds is 7. The quantitative estimate of drug-likeness (QED) is 0.773. The van der Waals surface area contributed by atoms with Crippen molar-refractivity contribution in [3.8, 4) is 23.0 Å². The fourth-order valence-electron chi connectivity index (χ4n) is 3.04. The first-order valence-corrected chi connectivity index (χ1v) is 8.59. The SMILES string of the molecule is COc1cc(C(=O)NCC(O)c2ccc3c(c2)CCO3)cc(OC)c1OC. The molecule has 3 rings (SSSR count). The smallest absolute Gasteiger partial charge is 0.251 e. The van der Waals surface area contributed by atoms with Crippen LogP contribution in [-0.2, 0) is 6.42 Å². The number of nitrogens with one attached hydrogen (secondary N) is 1. The molecule has 1 aliphatic rings. The summed E-state index contributed by atoms with van der Waals surface area (Å²) in [5.74, 6) is 1.70. The molecule has 7 nitrogen and oxygen atoms in total. The topological polar surface area (TPSA) is 86.3 Å². The lowest BCUT2D eigenvalue weighted by molar-refractivity contribution is 0.0915. The number of methoxy groups -OCH3 is 3. The maximum Gasteiger partial charge on any atom is 0.251 e. The molecule has 1 aliphatic heterocycles. The Morgan fingerprint density at radius 1 is 1.15 bits per heavy atom. The Labute approximate surface area is 157 Å². The Morgan fingerprint density at radius 2 is 1.85 bits per heavy atom. The van der Waals surface area contributed by atoms with Gasteiger partial charge in [0.25, 0.3) is 5.91 Å². The van der Waals surface area contributed by atoms with Gasteiger partial charge in [-0.05, 0) is 35.4 Å². The molecule has 2 aromatic rings. The van der Waals surface area contributed by atoms with Gasteiger partial charge in [0.15, 0.2) is 11.5 Å². The third kappa shape index (κ3) is 3.93. The van der Waals surface area contributed by atoms with Crippen LogP contribution in [0.25, 0.3) is 0 Å². The third-order valence-electron chi connectivity index (χ3n) is 4.48. The van der Waals surface area contributed by atoms with Crippen molar-refractivity contribution in [1.29, 1.82) is 0 Å². The first kappa shape index (κ1) is 18.8. The van der Waals surface area contributed by atoms with E-state index in [4.69, 9.17) is 18.9 Å². The summed E-state index contributed by atoms with van der Waals surface area (Å²) in [5, 5.41) is 13.1. The van der Waals surface area contributed by atoms with Crippen LogP contribution in [-0.4, -0.2) is 45.5 Å². The second-order valence-electron chi connectivity index (χ2n) is 6.11. The van der Waals surface area contributed by atoms with E-state index in [1.807, 2.05) is 12.1 Å². The summed E-state index contributed by atoms with van der Waals surface area (Å²) in [4.78, 5) is 12.5. The molecule has 0 aliphatic carbocycles. The molecule has 2 aromatic carbocycles. The van der Waals surface area contributed by atoms with Crippen LogP contribution in [0.2, 0.25) is 0 Å². The minimum absolute atomic E-state index is 0.0785. The van der Waals surface area contributed by atoms with Gasteiger partial charge < -0.3 is 29.4 Å². The Kier molecular flexibility index (Phi) is 5.71. The van der Waals surface area contributed by atoms with Crippen molar-refractivity contribution in [3.05, 3.63) is 47.0 Å². The van der Waals surface area contributed by atoms with Crippen LogP contribution in [0.5, 0.6) is 23.0 Å². The van der Waals surface area contributed by atoms with Gasteiger partial charge in [-0.2, -0.15) is 0 Å². The van der Waals surface area contributed by atoms with Crippen LogP contribution in [0.4, 0.5) is 0 Å². The Morgan fingerprint density at radius 3 is 2.48 bits per heavy atom. The standard InChI is InChI=1S/C20H23NO6/c1-24-17-9-14(10-18(25-2)19(17)26-3)20(23)21-11-15(22)12-4-5-16-13(8-12)6-7-27-16/h4-5,8-10,15,22H,6-7,11H2,1-3H3,(H,21,23). The van der Waals surface area contributed by atoms with E-state index in [0.29, 0.717) is 29.4 Å². The highest BCUT2D eigenvalue weighted by Gasteiger charge is 2.19. The molecule has 0 bridgehead atoms. The first-order valence-electron chi connectivity index (χ1n) is 8.59. The summed E-state index contributed by atoms with van der Waals surface area (Å²) in [7, 11) is 4.47. The van der Waals surface area contributed by atoms with E-state index in [2.05, 4.69) is 5.32 Å². The Hall–Kier alpha value is -2.93. The van der Waals surface area contributed by atoms with E-state index >= 15 is 0 Å². The molecular weight excluding hydrogens is 350 g/mol. The van der Waals surface area contributed by atoms with Gasteiger partial charge in [-0.3, -0.25) is 4.79 Å². The molecule has 27 heavy (non-hydrogen) atoms. The average molecular weight is 373 g/mol. The predicted octanol–water partition coefficient (Wildman–Crippen LogP) is 2.11. The van der Waals surface area contributed by atoms with Crippen LogP contribution in [0.3, 0.4) is 0 Å². The molecule has 1 atom stereocenters. The lowest BCUT2D eigenvalue weighted by atomic mass is 10.0. The zero-order valence-electron chi connectivity index (χ0n) is 15.6. The lowest BCUT2D eigenvalue weighted by Crippen LogP contribution is -2.28. The average Bonchev–Trinajstić information content (AvgIpc) is 3.18. The van der Waals surface area contributed by atoms with E-state index < -0.39 is 6.10 Å². The van der Waals surface area contributed by atoms with Crippen molar-refractivity contribution in [3.63, 3.8) is 0 Å². The van der Waals surface area contributed by atoms with Crippen molar-refractivity contribution >= 4 is 5.91 Å². The molecule has 1 unspecified atom stereocenters. The monoisotopic (exact) mass is 373 g/mol. The van der Waals surface area contributed by atoms with Crippen LogP contribution in [0.1, 0.15) is 27.6 Å². The predicted molar refractivity (Wildman–Crippen MR) is 99.0 cm³/mol. The second-order valence-corrected chi connectivity index (χ2v) is 6.11. The van der Waals surface area contributed by atoms with Crippen LogP contribution < -0.4 is 24.3 Å². The van der Waals surface area contributed by atoms with Crippen molar-refractivity contribution in [1.82, 2.24) is 5.32 Å². The summed E-state index contributed by atoms with van der Waals surface area (Å²) >= 11 is 0. The molecule has 7 heteroatoms. The molecule has 1 amide bonds. The van der Waals surface area contributed by atoms with Gasteiger partial charge in [0, 0.05) is 18.5 Å². The molecule has 2 N–H and O–H groups in total. The number of hydrogen-bond acceptors (Lipinski definition) is 6. The van der Waals surface area contributed by atoms with E-state index in [1.165, 1.54) is 21.3 Å². The van der Waals surface area contributed by atoms with Gasteiger partial charge in [0.1, 0.15) is 5.75 Å². The van der Waals surface area contributed by atoms with Gasteiger partial charge in [-0.1, -0.05) is 6.07 Å². The molecule has 0 saturated carbocycles. The number of benzene rings is 2. The van der Waals surface area contributed by atoms with Crippen LogP contribution >= 0.6 is 0 Å². The maximum absolute atomic E-state index is 12.5. The number of amides is 1. The zero-order chi connectivity index (χ0) is 19.4. The van der Waals surface area contributed by atoms with E-state index in [-0.39, 0.29) is 12.5 Å². The third-order valence-corrected chi connectivity index (χ3v) is 4.48.